The number of carbonyl (C=O) groups is 2. The minimum Gasteiger partial charge on any atom is -0.344 e. The summed E-state index contributed by atoms with van der Waals surface area (Å²) in [5, 5.41) is 6.27. The van der Waals surface area contributed by atoms with Crippen molar-refractivity contribution in [3.05, 3.63) is 30.1 Å². The van der Waals surface area contributed by atoms with E-state index in [0.29, 0.717) is 6.54 Å². The number of rotatable bonds is 5. The zero-order chi connectivity index (χ0) is 19.2. The Morgan fingerprint density at radius 1 is 1.31 bits per heavy atom. The van der Waals surface area contributed by atoms with Crippen LogP contribution in [0.2, 0.25) is 0 Å². The van der Waals surface area contributed by atoms with E-state index in [4.69, 9.17) is 0 Å². The van der Waals surface area contributed by atoms with Gasteiger partial charge in [-0.15, -0.1) is 0 Å². The molecule has 0 spiro atoms. The third-order valence-electron chi connectivity index (χ3n) is 4.73. The average Bonchev–Trinajstić information content (AvgIpc) is 2.88. The monoisotopic (exact) mass is 360 g/mol. The number of amides is 2. The molecule has 1 fully saturated rings. The molecule has 0 aliphatic carbocycles. The molecule has 2 atom stereocenters. The Bertz CT molecular complexity index is 590. The Hall–Kier alpha value is -1.95. The van der Waals surface area contributed by atoms with E-state index in [1.807, 2.05) is 43.9 Å². The number of nitrogens with zero attached hydrogens (tertiary/aromatic N) is 2. The van der Waals surface area contributed by atoms with Gasteiger partial charge in [0.25, 0.3) is 0 Å². The third kappa shape index (κ3) is 5.80. The first-order valence-electron chi connectivity index (χ1n) is 9.51. The molecule has 2 N–H and O–H groups in total. The second kappa shape index (κ2) is 9.12. The molecular formula is C20H32N4O2. The summed E-state index contributed by atoms with van der Waals surface area (Å²) in [7, 11) is 0. The normalized spacial score (nSPS) is 19.3. The molecule has 0 aromatic carbocycles. The van der Waals surface area contributed by atoms with Crippen LogP contribution in [0.3, 0.4) is 0 Å². The molecule has 1 aromatic rings. The van der Waals surface area contributed by atoms with E-state index in [-0.39, 0.29) is 17.9 Å². The molecule has 1 aliphatic heterocycles. The molecule has 6 heteroatoms. The van der Waals surface area contributed by atoms with Gasteiger partial charge in [-0.2, -0.15) is 0 Å². The molecule has 2 unspecified atom stereocenters. The SMILES string of the molecule is CC(NC(=O)C(C)(C)C)C(=O)N(Cc1ccccn1)C1CCCNCC1. The fourth-order valence-corrected chi connectivity index (χ4v) is 3.09. The predicted molar refractivity (Wildman–Crippen MR) is 102 cm³/mol. The second-order valence-electron chi connectivity index (χ2n) is 8.07. The fraction of sp³-hybridized carbons (Fsp3) is 0.650. The summed E-state index contributed by atoms with van der Waals surface area (Å²) in [4.78, 5) is 31.8. The first-order valence-corrected chi connectivity index (χ1v) is 9.51. The van der Waals surface area contributed by atoms with Gasteiger partial charge in [0.2, 0.25) is 11.8 Å². The molecule has 1 saturated heterocycles. The molecule has 1 aliphatic rings. The second-order valence-corrected chi connectivity index (χ2v) is 8.07. The molecule has 2 heterocycles. The van der Waals surface area contributed by atoms with Crippen LogP contribution in [0.15, 0.2) is 24.4 Å². The minimum absolute atomic E-state index is 0.0415. The van der Waals surface area contributed by atoms with Gasteiger partial charge < -0.3 is 15.5 Å². The molecule has 1 aromatic heterocycles. The molecule has 0 saturated carbocycles. The lowest BCUT2D eigenvalue weighted by Gasteiger charge is -2.34. The largest absolute Gasteiger partial charge is 0.344 e. The van der Waals surface area contributed by atoms with Crippen LogP contribution in [-0.2, 0) is 16.1 Å². The van der Waals surface area contributed by atoms with Crippen LogP contribution in [-0.4, -0.2) is 46.9 Å². The van der Waals surface area contributed by atoms with Crippen molar-refractivity contribution in [1.29, 1.82) is 0 Å². The first-order chi connectivity index (χ1) is 12.3. The lowest BCUT2D eigenvalue weighted by molar-refractivity contribution is -0.140. The summed E-state index contributed by atoms with van der Waals surface area (Å²) in [6.45, 7) is 9.68. The van der Waals surface area contributed by atoms with Crippen molar-refractivity contribution < 1.29 is 9.59 Å². The van der Waals surface area contributed by atoms with Gasteiger partial charge >= 0.3 is 0 Å². The molecule has 144 valence electrons. The summed E-state index contributed by atoms with van der Waals surface area (Å²) >= 11 is 0. The molecule has 2 rings (SSSR count). The van der Waals surface area contributed by atoms with Crippen LogP contribution in [0, 0.1) is 5.41 Å². The Balaban J connectivity index is 2.15. The van der Waals surface area contributed by atoms with Crippen molar-refractivity contribution >= 4 is 11.8 Å². The van der Waals surface area contributed by atoms with Crippen molar-refractivity contribution in [2.45, 2.75) is 65.6 Å². The van der Waals surface area contributed by atoms with Gasteiger partial charge in [-0.3, -0.25) is 14.6 Å². The lowest BCUT2D eigenvalue weighted by Crippen LogP contribution is -2.52. The maximum atomic E-state index is 13.2. The molecular weight excluding hydrogens is 328 g/mol. The Morgan fingerprint density at radius 2 is 2.08 bits per heavy atom. The van der Waals surface area contributed by atoms with Gasteiger partial charge in [0.05, 0.1) is 12.2 Å². The summed E-state index contributed by atoms with van der Waals surface area (Å²) in [6, 6.07) is 5.35. The third-order valence-corrected chi connectivity index (χ3v) is 4.73. The maximum Gasteiger partial charge on any atom is 0.245 e. The molecule has 0 radical (unpaired) electrons. The van der Waals surface area contributed by atoms with E-state index < -0.39 is 11.5 Å². The van der Waals surface area contributed by atoms with Crippen molar-refractivity contribution in [3.63, 3.8) is 0 Å². The van der Waals surface area contributed by atoms with Crippen molar-refractivity contribution in [2.75, 3.05) is 13.1 Å². The van der Waals surface area contributed by atoms with E-state index in [1.54, 1.807) is 13.1 Å². The van der Waals surface area contributed by atoms with Crippen molar-refractivity contribution in [1.82, 2.24) is 20.5 Å². The lowest BCUT2D eigenvalue weighted by atomic mass is 9.95. The van der Waals surface area contributed by atoms with E-state index in [9.17, 15) is 9.59 Å². The number of hydrogen-bond donors (Lipinski definition) is 2. The zero-order valence-corrected chi connectivity index (χ0v) is 16.4. The maximum absolute atomic E-state index is 13.2. The quantitative estimate of drug-likeness (QED) is 0.843. The molecule has 6 nitrogen and oxygen atoms in total. The van der Waals surface area contributed by atoms with E-state index in [2.05, 4.69) is 15.6 Å². The number of hydrogen-bond acceptors (Lipinski definition) is 4. The standard InChI is InChI=1S/C20H32N4O2/c1-15(23-19(26)20(2,3)4)18(25)24(14-16-8-5-6-12-22-16)17-9-7-11-21-13-10-17/h5-6,8,12,15,17,21H,7,9-11,13-14H2,1-4H3,(H,23,26). The first kappa shape index (κ1) is 20.4. The highest BCUT2D eigenvalue weighted by atomic mass is 16.2. The highest BCUT2D eigenvalue weighted by Gasteiger charge is 2.31. The van der Waals surface area contributed by atoms with Crippen molar-refractivity contribution in [3.8, 4) is 0 Å². The van der Waals surface area contributed by atoms with Crippen LogP contribution >= 0.6 is 0 Å². The highest BCUT2D eigenvalue weighted by molar-refractivity contribution is 5.89. The number of aromatic nitrogens is 1. The van der Waals surface area contributed by atoms with Crippen LogP contribution in [0.25, 0.3) is 0 Å². The Kier molecular flexibility index (Phi) is 7.14. The van der Waals surface area contributed by atoms with Crippen molar-refractivity contribution in [2.24, 2.45) is 5.41 Å². The zero-order valence-electron chi connectivity index (χ0n) is 16.4. The number of nitrogens with one attached hydrogen (secondary N) is 2. The van der Waals surface area contributed by atoms with Gasteiger partial charge in [-0.05, 0) is 51.4 Å². The summed E-state index contributed by atoms with van der Waals surface area (Å²) in [5.41, 5.74) is 0.347. The van der Waals surface area contributed by atoms with Gasteiger partial charge in [0.1, 0.15) is 6.04 Å². The number of carbonyl (C=O) groups excluding carboxylic acids is 2. The Labute approximate surface area is 156 Å². The minimum atomic E-state index is -0.554. The number of pyridine rings is 1. The predicted octanol–water partition coefficient (Wildman–Crippen LogP) is 2.10. The van der Waals surface area contributed by atoms with E-state index >= 15 is 0 Å². The summed E-state index contributed by atoms with van der Waals surface area (Å²) < 4.78 is 0. The van der Waals surface area contributed by atoms with E-state index in [1.165, 1.54) is 0 Å². The molecule has 0 bridgehead atoms. The van der Waals surface area contributed by atoms with Crippen LogP contribution in [0.1, 0.15) is 52.7 Å². The van der Waals surface area contributed by atoms with Gasteiger partial charge in [-0.25, -0.2) is 0 Å². The van der Waals surface area contributed by atoms with Crippen LogP contribution < -0.4 is 10.6 Å². The summed E-state index contributed by atoms with van der Waals surface area (Å²) in [6.07, 6.45) is 4.67. The smallest absolute Gasteiger partial charge is 0.245 e. The molecule has 26 heavy (non-hydrogen) atoms. The topological polar surface area (TPSA) is 74.3 Å². The summed E-state index contributed by atoms with van der Waals surface area (Å²) in [5.74, 6) is -0.154. The fourth-order valence-electron chi connectivity index (χ4n) is 3.09. The highest BCUT2D eigenvalue weighted by Crippen LogP contribution is 2.18. The van der Waals surface area contributed by atoms with Crippen LogP contribution in [0.5, 0.6) is 0 Å². The Morgan fingerprint density at radius 3 is 2.73 bits per heavy atom. The van der Waals surface area contributed by atoms with Gasteiger partial charge in [-0.1, -0.05) is 26.8 Å². The van der Waals surface area contributed by atoms with Gasteiger partial charge in [0.15, 0.2) is 0 Å². The van der Waals surface area contributed by atoms with Gasteiger partial charge in [0, 0.05) is 17.7 Å². The van der Waals surface area contributed by atoms with Crippen LogP contribution in [0.4, 0.5) is 0 Å². The van der Waals surface area contributed by atoms with E-state index in [0.717, 1.165) is 38.0 Å². The average molecular weight is 361 g/mol. The molecule has 2 amide bonds.